The van der Waals surface area contributed by atoms with Crippen LogP contribution in [0, 0.1) is 5.82 Å². The van der Waals surface area contributed by atoms with Gasteiger partial charge in [-0.3, -0.25) is 9.78 Å². The Morgan fingerprint density at radius 1 is 0.857 bits per heavy atom. The fourth-order valence-corrected chi connectivity index (χ4v) is 5.51. The first-order chi connectivity index (χ1) is 20.3. The Kier molecular flexibility index (Phi) is 7.98. The summed E-state index contributed by atoms with van der Waals surface area (Å²) in [5.74, 6) is -0.596. The lowest BCUT2D eigenvalue weighted by atomic mass is 9.91. The fourth-order valence-electron chi connectivity index (χ4n) is 4.98. The molecule has 3 aromatic heterocycles. The number of carbonyl (C=O) groups is 2. The van der Waals surface area contributed by atoms with E-state index in [1.54, 1.807) is 18.2 Å². The van der Waals surface area contributed by atoms with E-state index >= 15 is 0 Å². The number of halogens is 3. The molecule has 4 aromatic rings. The zero-order valence-electron chi connectivity index (χ0n) is 22.3. The summed E-state index contributed by atoms with van der Waals surface area (Å²) in [5, 5.41) is 20.9. The molecule has 0 atom stereocenters. The number of fused-ring (bicyclic) bond motifs is 1. The number of amides is 3. The molecule has 0 radical (unpaired) electrons. The van der Waals surface area contributed by atoms with Crippen LogP contribution in [0.5, 0.6) is 0 Å². The van der Waals surface area contributed by atoms with E-state index < -0.39 is 11.7 Å². The molecule has 6 rings (SSSR count). The molecule has 0 aliphatic heterocycles. The first-order valence-corrected chi connectivity index (χ1v) is 14.4. The van der Waals surface area contributed by atoms with Crippen molar-refractivity contribution < 1.29 is 14.0 Å². The average molecular weight is 612 g/mol. The fraction of sp³-hybridized carbons (Fsp3) is 0.321. The zero-order chi connectivity index (χ0) is 29.2. The highest BCUT2D eigenvalue weighted by atomic mass is 35.5. The minimum absolute atomic E-state index is 0.0118. The number of carbonyl (C=O) groups excluding carboxylic acids is 2. The minimum atomic E-state index is -0.637. The smallest absolute Gasteiger partial charge is 0.319 e. The van der Waals surface area contributed by atoms with Gasteiger partial charge < -0.3 is 26.6 Å². The number of nitrogens with one attached hydrogen (secondary N) is 5. The van der Waals surface area contributed by atoms with Crippen molar-refractivity contribution in [2.75, 3.05) is 21.3 Å². The van der Waals surface area contributed by atoms with E-state index in [1.165, 1.54) is 23.0 Å². The topological polar surface area (TPSA) is 137 Å². The van der Waals surface area contributed by atoms with E-state index in [9.17, 15) is 14.0 Å². The summed E-state index contributed by atoms with van der Waals surface area (Å²) in [6.07, 6.45) is 9.13. The number of urea groups is 1. The van der Waals surface area contributed by atoms with Gasteiger partial charge in [-0.05, 0) is 62.8 Å². The number of benzene rings is 1. The molecule has 0 bridgehead atoms. The van der Waals surface area contributed by atoms with Crippen molar-refractivity contribution in [3.05, 3.63) is 70.5 Å². The molecule has 11 nitrogen and oxygen atoms in total. The molecule has 3 heterocycles. The summed E-state index contributed by atoms with van der Waals surface area (Å²) in [7, 11) is 0. The second-order valence-electron chi connectivity index (χ2n) is 10.5. The van der Waals surface area contributed by atoms with E-state index in [0.717, 1.165) is 50.4 Å². The van der Waals surface area contributed by atoms with E-state index in [1.807, 2.05) is 6.07 Å². The number of anilines is 4. The Balaban J connectivity index is 1.12. The summed E-state index contributed by atoms with van der Waals surface area (Å²) in [6, 6.07) is 8.32. The standard InChI is InChI=1S/C28H28Cl2FN9O2/c29-15-9-16(30)11-20(10-15)37-28(42)36-19-5-3-18(4-6-19)35-25-12-23(34-17-1-2-17)26-33-14-24(40(26)39-25)27(41)38-22-7-8-32-13-21(22)31/h7-14,17-19,34H,1-6H2,(H,35,39)(H,32,38,41)(H2,36,37,42). The number of hydrogen-bond donors (Lipinski definition) is 5. The van der Waals surface area contributed by atoms with Gasteiger partial charge in [-0.15, -0.1) is 5.10 Å². The van der Waals surface area contributed by atoms with Crippen LogP contribution in [0.1, 0.15) is 49.0 Å². The molecule has 2 aliphatic carbocycles. The molecule has 2 saturated carbocycles. The molecule has 0 saturated heterocycles. The summed E-state index contributed by atoms with van der Waals surface area (Å²) in [5.41, 5.74) is 1.98. The largest absolute Gasteiger partial charge is 0.379 e. The molecule has 5 N–H and O–H groups in total. The number of nitrogens with zero attached hydrogens (tertiary/aromatic N) is 4. The van der Waals surface area contributed by atoms with Gasteiger partial charge in [-0.25, -0.2) is 18.7 Å². The maximum atomic E-state index is 14.1. The number of aromatic nitrogens is 4. The van der Waals surface area contributed by atoms with Crippen molar-refractivity contribution in [1.82, 2.24) is 24.9 Å². The number of rotatable bonds is 8. The van der Waals surface area contributed by atoms with Gasteiger partial charge in [0.15, 0.2) is 17.2 Å². The second-order valence-corrected chi connectivity index (χ2v) is 11.4. The molecule has 2 fully saturated rings. The Bertz CT molecular complexity index is 1620. The van der Waals surface area contributed by atoms with E-state index in [4.69, 9.17) is 23.2 Å². The highest BCUT2D eigenvalue weighted by molar-refractivity contribution is 6.35. The monoisotopic (exact) mass is 611 g/mol. The molecule has 2 aliphatic rings. The van der Waals surface area contributed by atoms with Crippen LogP contribution in [0.15, 0.2) is 48.9 Å². The molecule has 218 valence electrons. The van der Waals surface area contributed by atoms with Crippen molar-refractivity contribution in [2.24, 2.45) is 0 Å². The lowest BCUT2D eigenvalue weighted by molar-refractivity contribution is 0.102. The third-order valence-corrected chi connectivity index (χ3v) is 7.63. The molecule has 0 unspecified atom stereocenters. The van der Waals surface area contributed by atoms with Crippen LogP contribution in [-0.4, -0.2) is 49.6 Å². The van der Waals surface area contributed by atoms with Crippen molar-refractivity contribution >= 4 is 63.7 Å². The summed E-state index contributed by atoms with van der Waals surface area (Å²) < 4.78 is 15.6. The maximum Gasteiger partial charge on any atom is 0.319 e. The van der Waals surface area contributed by atoms with Gasteiger partial charge in [0.1, 0.15) is 5.82 Å². The first kappa shape index (κ1) is 28.0. The number of hydrogen-bond acceptors (Lipinski definition) is 7. The SMILES string of the molecule is O=C(Nc1cc(Cl)cc(Cl)c1)NC1CCC(Nc2cc(NC3CC3)c3ncc(C(=O)Nc4ccncc4F)n3n2)CC1. The first-order valence-electron chi connectivity index (χ1n) is 13.7. The Morgan fingerprint density at radius 2 is 1.55 bits per heavy atom. The van der Waals surface area contributed by atoms with Crippen LogP contribution in [-0.2, 0) is 0 Å². The maximum absolute atomic E-state index is 14.1. The molecular formula is C28H28Cl2FN9O2. The van der Waals surface area contributed by atoms with Gasteiger partial charge in [0.05, 0.1) is 23.8 Å². The van der Waals surface area contributed by atoms with Gasteiger partial charge in [0.2, 0.25) is 0 Å². The predicted molar refractivity (Wildman–Crippen MR) is 160 cm³/mol. The molecule has 3 amide bonds. The summed E-state index contributed by atoms with van der Waals surface area (Å²) in [4.78, 5) is 33.7. The van der Waals surface area contributed by atoms with Crippen molar-refractivity contribution in [3.8, 4) is 0 Å². The van der Waals surface area contributed by atoms with Crippen LogP contribution in [0.2, 0.25) is 10.0 Å². The van der Waals surface area contributed by atoms with Gasteiger partial charge in [0, 0.05) is 46.1 Å². The highest BCUT2D eigenvalue weighted by Gasteiger charge is 2.26. The average Bonchev–Trinajstić information content (AvgIpc) is 3.65. The summed E-state index contributed by atoms with van der Waals surface area (Å²) in [6.45, 7) is 0. The van der Waals surface area contributed by atoms with Gasteiger partial charge in [0.25, 0.3) is 5.91 Å². The van der Waals surface area contributed by atoms with Crippen LogP contribution in [0.25, 0.3) is 5.65 Å². The number of imidazole rings is 1. The zero-order valence-corrected chi connectivity index (χ0v) is 23.8. The van der Waals surface area contributed by atoms with E-state index in [0.29, 0.717) is 33.2 Å². The lowest BCUT2D eigenvalue weighted by Crippen LogP contribution is -2.42. The third kappa shape index (κ3) is 6.66. The quantitative estimate of drug-likeness (QED) is 0.166. The molecular weight excluding hydrogens is 584 g/mol. The van der Waals surface area contributed by atoms with Gasteiger partial charge >= 0.3 is 6.03 Å². The second kappa shape index (κ2) is 12.0. The van der Waals surface area contributed by atoms with Crippen LogP contribution in [0.4, 0.5) is 32.1 Å². The van der Waals surface area contributed by atoms with Crippen molar-refractivity contribution in [1.29, 1.82) is 0 Å². The van der Waals surface area contributed by atoms with Crippen LogP contribution >= 0.6 is 23.2 Å². The predicted octanol–water partition coefficient (Wildman–Crippen LogP) is 5.94. The third-order valence-electron chi connectivity index (χ3n) is 7.19. The van der Waals surface area contributed by atoms with E-state index in [2.05, 4.69) is 41.7 Å². The molecule has 14 heteroatoms. The minimum Gasteiger partial charge on any atom is -0.379 e. The molecule has 42 heavy (non-hydrogen) atoms. The number of pyridine rings is 1. The Morgan fingerprint density at radius 3 is 2.26 bits per heavy atom. The van der Waals surface area contributed by atoms with Crippen LogP contribution in [0.3, 0.4) is 0 Å². The van der Waals surface area contributed by atoms with Crippen LogP contribution < -0.4 is 26.6 Å². The van der Waals surface area contributed by atoms with Crippen molar-refractivity contribution in [3.63, 3.8) is 0 Å². The molecule has 0 spiro atoms. The Labute approximate surface area is 250 Å². The van der Waals surface area contributed by atoms with Crippen molar-refractivity contribution in [2.45, 2.75) is 56.7 Å². The van der Waals surface area contributed by atoms with Gasteiger partial charge in [-0.1, -0.05) is 23.2 Å². The summed E-state index contributed by atoms with van der Waals surface area (Å²) >= 11 is 12.0. The lowest BCUT2D eigenvalue weighted by Gasteiger charge is -2.30. The normalized spacial score (nSPS) is 18.4. The highest BCUT2D eigenvalue weighted by Crippen LogP contribution is 2.30. The van der Waals surface area contributed by atoms with Gasteiger partial charge in [-0.2, -0.15) is 0 Å². The molecule has 1 aromatic carbocycles. The Hall–Kier alpha value is -4.16. The van der Waals surface area contributed by atoms with E-state index in [-0.39, 0.29) is 29.5 Å².